The van der Waals surface area contributed by atoms with Gasteiger partial charge in [0.1, 0.15) is 0 Å². The fraction of sp³-hybridized carbons (Fsp3) is 0.562. The summed E-state index contributed by atoms with van der Waals surface area (Å²) in [5.41, 5.74) is 1.76. The van der Waals surface area contributed by atoms with E-state index in [0.29, 0.717) is 11.3 Å². The molecule has 1 aromatic carbocycles. The molecule has 0 bridgehead atoms. The molecular formula is C16H22N2O3S. The normalized spacial score (nSPS) is 22.1. The van der Waals surface area contributed by atoms with E-state index in [9.17, 15) is 13.2 Å². The molecule has 22 heavy (non-hydrogen) atoms. The Bertz CT molecular complexity index is 693. The Labute approximate surface area is 131 Å². The number of anilines is 1. The number of sulfonamides is 1. The standard InChI is InChI=1S/C16H22N2O3S/c1-11-9-13-10-15(7-8-16(13)18(11)12(2)19)22(20,21)17-14-5-3-4-6-14/h7-8,10-11,14,17H,3-6,9H2,1-2H3. The highest BCUT2D eigenvalue weighted by atomic mass is 32.2. The van der Waals surface area contributed by atoms with Crippen LogP contribution in [0.15, 0.2) is 23.1 Å². The molecule has 1 aliphatic carbocycles. The molecule has 1 amide bonds. The van der Waals surface area contributed by atoms with Gasteiger partial charge in [-0.2, -0.15) is 0 Å². The number of nitrogens with one attached hydrogen (secondary N) is 1. The van der Waals surface area contributed by atoms with Gasteiger partial charge in [0.15, 0.2) is 0 Å². The average molecular weight is 322 g/mol. The van der Waals surface area contributed by atoms with E-state index >= 15 is 0 Å². The molecule has 0 spiro atoms. The quantitative estimate of drug-likeness (QED) is 0.928. The number of carbonyl (C=O) groups is 1. The molecule has 0 saturated heterocycles. The lowest BCUT2D eigenvalue weighted by molar-refractivity contribution is -0.116. The second-order valence-electron chi connectivity index (χ2n) is 6.34. The third-order valence-corrected chi connectivity index (χ3v) is 6.11. The summed E-state index contributed by atoms with van der Waals surface area (Å²) in [6.07, 6.45) is 4.70. The number of rotatable bonds is 3. The lowest BCUT2D eigenvalue weighted by Crippen LogP contribution is -2.33. The van der Waals surface area contributed by atoms with Crippen LogP contribution in [0.1, 0.15) is 45.1 Å². The van der Waals surface area contributed by atoms with Crippen molar-refractivity contribution in [2.75, 3.05) is 4.90 Å². The largest absolute Gasteiger partial charge is 0.309 e. The van der Waals surface area contributed by atoms with Gasteiger partial charge in [0, 0.05) is 24.7 Å². The number of benzene rings is 1. The summed E-state index contributed by atoms with van der Waals surface area (Å²) in [5, 5.41) is 0. The molecule has 1 fully saturated rings. The van der Waals surface area contributed by atoms with Crippen molar-refractivity contribution in [1.29, 1.82) is 0 Å². The van der Waals surface area contributed by atoms with Crippen LogP contribution in [-0.4, -0.2) is 26.4 Å². The van der Waals surface area contributed by atoms with Gasteiger partial charge in [0.25, 0.3) is 0 Å². The molecular weight excluding hydrogens is 300 g/mol. The Kier molecular flexibility index (Phi) is 3.99. The van der Waals surface area contributed by atoms with Crippen LogP contribution in [0.25, 0.3) is 0 Å². The van der Waals surface area contributed by atoms with Crippen LogP contribution < -0.4 is 9.62 Å². The van der Waals surface area contributed by atoms with Gasteiger partial charge in [-0.25, -0.2) is 13.1 Å². The van der Waals surface area contributed by atoms with Crippen molar-refractivity contribution in [2.24, 2.45) is 0 Å². The van der Waals surface area contributed by atoms with E-state index in [0.717, 1.165) is 36.9 Å². The van der Waals surface area contributed by atoms with Gasteiger partial charge in [-0.3, -0.25) is 4.79 Å². The molecule has 1 heterocycles. The monoisotopic (exact) mass is 322 g/mol. The third kappa shape index (κ3) is 2.77. The van der Waals surface area contributed by atoms with Crippen molar-refractivity contribution in [1.82, 2.24) is 4.72 Å². The minimum atomic E-state index is -3.47. The smallest absolute Gasteiger partial charge is 0.240 e. The highest BCUT2D eigenvalue weighted by molar-refractivity contribution is 7.89. The van der Waals surface area contributed by atoms with Crippen molar-refractivity contribution < 1.29 is 13.2 Å². The van der Waals surface area contributed by atoms with Crippen molar-refractivity contribution in [2.45, 2.75) is 62.9 Å². The molecule has 2 aliphatic rings. The van der Waals surface area contributed by atoms with E-state index in [1.807, 2.05) is 6.92 Å². The topological polar surface area (TPSA) is 66.5 Å². The molecule has 1 N–H and O–H groups in total. The lowest BCUT2D eigenvalue weighted by Gasteiger charge is -2.20. The summed E-state index contributed by atoms with van der Waals surface area (Å²) in [5.74, 6) is -0.00839. The van der Waals surface area contributed by atoms with E-state index < -0.39 is 10.0 Å². The lowest BCUT2D eigenvalue weighted by atomic mass is 10.1. The van der Waals surface area contributed by atoms with Crippen molar-refractivity contribution in [3.8, 4) is 0 Å². The Morgan fingerprint density at radius 2 is 1.95 bits per heavy atom. The van der Waals surface area contributed by atoms with Gasteiger partial charge in [0.2, 0.25) is 15.9 Å². The van der Waals surface area contributed by atoms with Gasteiger partial charge in [0.05, 0.1) is 4.90 Å². The van der Waals surface area contributed by atoms with E-state index in [1.54, 1.807) is 23.1 Å². The summed E-state index contributed by atoms with van der Waals surface area (Å²) < 4.78 is 27.8. The first-order chi connectivity index (χ1) is 10.4. The zero-order valence-electron chi connectivity index (χ0n) is 13.0. The maximum atomic E-state index is 12.5. The molecule has 1 unspecified atom stereocenters. The van der Waals surface area contributed by atoms with Crippen molar-refractivity contribution in [3.05, 3.63) is 23.8 Å². The van der Waals surface area contributed by atoms with Crippen molar-refractivity contribution in [3.63, 3.8) is 0 Å². The second kappa shape index (κ2) is 5.66. The fourth-order valence-electron chi connectivity index (χ4n) is 3.59. The highest BCUT2D eigenvalue weighted by Gasteiger charge is 2.31. The van der Waals surface area contributed by atoms with Crippen LogP contribution in [0, 0.1) is 0 Å². The first-order valence-corrected chi connectivity index (χ1v) is 9.32. The molecule has 0 aromatic heterocycles. The van der Waals surface area contributed by atoms with Crippen LogP contribution in [-0.2, 0) is 21.2 Å². The molecule has 120 valence electrons. The number of hydrogen-bond donors (Lipinski definition) is 1. The number of hydrogen-bond acceptors (Lipinski definition) is 3. The van der Waals surface area contributed by atoms with E-state index in [1.165, 1.54) is 6.92 Å². The minimum absolute atomic E-state index is 0.00839. The zero-order chi connectivity index (χ0) is 15.9. The van der Waals surface area contributed by atoms with Crippen LogP contribution in [0.5, 0.6) is 0 Å². The Hall–Kier alpha value is -1.40. The predicted molar refractivity (Wildman–Crippen MR) is 85.3 cm³/mol. The molecule has 0 radical (unpaired) electrons. The first kappa shape index (κ1) is 15.5. The molecule has 6 heteroatoms. The minimum Gasteiger partial charge on any atom is -0.309 e. The van der Waals surface area contributed by atoms with E-state index in [2.05, 4.69) is 4.72 Å². The van der Waals surface area contributed by atoms with Crippen LogP contribution >= 0.6 is 0 Å². The van der Waals surface area contributed by atoms with Crippen LogP contribution in [0.2, 0.25) is 0 Å². The van der Waals surface area contributed by atoms with Gasteiger partial charge in [-0.15, -0.1) is 0 Å². The molecule has 1 saturated carbocycles. The predicted octanol–water partition coefficient (Wildman–Crippen LogP) is 2.21. The zero-order valence-corrected chi connectivity index (χ0v) is 13.8. The van der Waals surface area contributed by atoms with Crippen LogP contribution in [0.4, 0.5) is 5.69 Å². The molecule has 5 nitrogen and oxygen atoms in total. The molecule has 1 aromatic rings. The van der Waals surface area contributed by atoms with Gasteiger partial charge in [-0.05, 0) is 49.9 Å². The number of fused-ring (bicyclic) bond motifs is 1. The average Bonchev–Trinajstić information content (AvgIpc) is 3.03. The summed E-state index contributed by atoms with van der Waals surface area (Å²) in [7, 11) is -3.47. The summed E-state index contributed by atoms with van der Waals surface area (Å²) >= 11 is 0. The number of nitrogens with zero attached hydrogens (tertiary/aromatic N) is 1. The number of amides is 1. The Morgan fingerprint density at radius 3 is 2.59 bits per heavy atom. The van der Waals surface area contributed by atoms with E-state index in [-0.39, 0.29) is 18.0 Å². The second-order valence-corrected chi connectivity index (χ2v) is 8.05. The van der Waals surface area contributed by atoms with Gasteiger partial charge >= 0.3 is 0 Å². The molecule has 1 atom stereocenters. The van der Waals surface area contributed by atoms with Gasteiger partial charge in [-0.1, -0.05) is 12.8 Å². The third-order valence-electron chi connectivity index (χ3n) is 4.59. The Morgan fingerprint density at radius 1 is 1.27 bits per heavy atom. The Balaban J connectivity index is 1.88. The summed E-state index contributed by atoms with van der Waals surface area (Å²) in [6, 6.07) is 5.21. The molecule has 3 rings (SSSR count). The highest BCUT2D eigenvalue weighted by Crippen LogP contribution is 2.34. The fourth-order valence-corrected chi connectivity index (χ4v) is 4.94. The summed E-state index contributed by atoms with van der Waals surface area (Å²) in [4.78, 5) is 13.8. The molecule has 1 aliphatic heterocycles. The van der Waals surface area contributed by atoms with Crippen molar-refractivity contribution >= 4 is 21.6 Å². The first-order valence-electron chi connectivity index (χ1n) is 7.83. The maximum absolute atomic E-state index is 12.5. The van der Waals surface area contributed by atoms with Gasteiger partial charge < -0.3 is 4.90 Å². The van der Waals surface area contributed by atoms with E-state index in [4.69, 9.17) is 0 Å². The van der Waals surface area contributed by atoms with Crippen LogP contribution in [0.3, 0.4) is 0 Å². The number of carbonyl (C=O) groups excluding carboxylic acids is 1. The SMILES string of the molecule is CC(=O)N1c2ccc(S(=O)(=O)NC3CCCC3)cc2CC1C. The maximum Gasteiger partial charge on any atom is 0.240 e. The summed E-state index contributed by atoms with van der Waals surface area (Å²) in [6.45, 7) is 3.52.